The predicted molar refractivity (Wildman–Crippen MR) is 203 cm³/mol. The molecule has 2 fully saturated rings. The molecule has 5 atom stereocenters. The molecule has 236 valence electrons. The highest BCUT2D eigenvalue weighted by Crippen LogP contribution is 2.71. The van der Waals surface area contributed by atoms with Crippen molar-refractivity contribution in [1.82, 2.24) is 4.57 Å². The molecule has 0 N–H and O–H groups in total. The van der Waals surface area contributed by atoms with Crippen LogP contribution in [-0.4, -0.2) is 4.57 Å². The molecule has 0 saturated heterocycles. The molecule has 49 heavy (non-hydrogen) atoms. The summed E-state index contributed by atoms with van der Waals surface area (Å²) in [6.45, 7) is 0. The van der Waals surface area contributed by atoms with Gasteiger partial charge < -0.3 is 9.47 Å². The fraction of sp³-hybridized carbons (Fsp3) is 0.191. The van der Waals surface area contributed by atoms with Crippen molar-refractivity contribution in [1.29, 1.82) is 0 Å². The van der Waals surface area contributed by atoms with Crippen molar-refractivity contribution in [3.63, 3.8) is 0 Å². The summed E-state index contributed by atoms with van der Waals surface area (Å²) in [6.07, 6.45) is 8.32. The van der Waals surface area contributed by atoms with Gasteiger partial charge in [-0.15, -0.1) is 0 Å². The van der Waals surface area contributed by atoms with Gasteiger partial charge >= 0.3 is 0 Å². The SMILES string of the molecule is C1=C2C3C4C[C@H]1CC2(c1ccc(N(c2ccccc2)c2ccc(-c5ccccc5-n5c6ccccc6c6ccccc65)cc2)cc1)C[C@@H]3C4. The molecule has 2 heteroatoms. The minimum absolute atomic E-state index is 0.298. The molecule has 0 radical (unpaired) electrons. The average molecular weight is 631 g/mol. The van der Waals surface area contributed by atoms with E-state index in [0.29, 0.717) is 5.41 Å². The normalized spacial score (nSPS) is 24.6. The lowest BCUT2D eigenvalue weighted by atomic mass is 9.60. The molecular weight excluding hydrogens is 593 g/mol. The van der Waals surface area contributed by atoms with Gasteiger partial charge in [0.05, 0.1) is 16.7 Å². The van der Waals surface area contributed by atoms with Crippen molar-refractivity contribution in [2.45, 2.75) is 31.1 Å². The van der Waals surface area contributed by atoms with Gasteiger partial charge in [-0.05, 0) is 115 Å². The Kier molecular flexibility index (Phi) is 5.82. The van der Waals surface area contributed by atoms with Gasteiger partial charge in [0.2, 0.25) is 0 Å². The van der Waals surface area contributed by atoms with E-state index in [0.717, 1.165) is 29.4 Å². The number of fused-ring (bicyclic) bond motifs is 4. The molecule has 2 bridgehead atoms. The first-order chi connectivity index (χ1) is 24.2. The first-order valence-corrected chi connectivity index (χ1v) is 18.1. The van der Waals surface area contributed by atoms with E-state index < -0.39 is 0 Å². The van der Waals surface area contributed by atoms with Crippen molar-refractivity contribution >= 4 is 38.9 Å². The number of aromatic nitrogens is 1. The number of hydrogen-bond acceptors (Lipinski definition) is 1. The third-order valence-electron chi connectivity index (χ3n) is 12.6. The lowest BCUT2D eigenvalue weighted by Crippen LogP contribution is -2.36. The second kappa shape index (κ2) is 10.3. The van der Waals surface area contributed by atoms with Crippen LogP contribution >= 0.6 is 0 Å². The van der Waals surface area contributed by atoms with Crippen molar-refractivity contribution < 1.29 is 0 Å². The number of rotatable bonds is 6. The zero-order valence-electron chi connectivity index (χ0n) is 27.5. The summed E-state index contributed by atoms with van der Waals surface area (Å²) in [4.78, 5) is 2.41. The number of anilines is 3. The highest BCUT2D eigenvalue weighted by atomic mass is 15.1. The summed E-state index contributed by atoms with van der Waals surface area (Å²) in [5.41, 5.74) is 13.3. The summed E-state index contributed by atoms with van der Waals surface area (Å²) >= 11 is 0. The van der Waals surface area contributed by atoms with Gasteiger partial charge in [-0.3, -0.25) is 0 Å². The fourth-order valence-corrected chi connectivity index (χ4v) is 10.7. The maximum Gasteiger partial charge on any atom is 0.0541 e. The first kappa shape index (κ1) is 27.6. The van der Waals surface area contributed by atoms with E-state index in [1.54, 1.807) is 5.56 Å². The van der Waals surface area contributed by atoms with E-state index in [-0.39, 0.29) is 0 Å². The second-order valence-electron chi connectivity index (χ2n) is 15.0. The largest absolute Gasteiger partial charge is 0.311 e. The molecule has 6 aromatic carbocycles. The van der Waals surface area contributed by atoms with Crippen molar-refractivity contribution in [2.24, 2.45) is 23.7 Å². The Morgan fingerprint density at radius 1 is 0.531 bits per heavy atom. The summed E-state index contributed by atoms with van der Waals surface area (Å²) in [5.74, 6) is 3.59. The summed E-state index contributed by atoms with van der Waals surface area (Å²) in [6, 6.07) is 56.0. The van der Waals surface area contributed by atoms with E-state index >= 15 is 0 Å². The molecule has 0 amide bonds. The van der Waals surface area contributed by atoms with Gasteiger partial charge in [-0.2, -0.15) is 0 Å². The minimum Gasteiger partial charge on any atom is -0.311 e. The molecular formula is C47H38N2. The van der Waals surface area contributed by atoms with Gasteiger partial charge in [-0.1, -0.05) is 109 Å². The molecule has 0 aliphatic heterocycles. The third kappa shape index (κ3) is 3.95. The minimum atomic E-state index is 0.298. The van der Waals surface area contributed by atoms with E-state index in [9.17, 15) is 0 Å². The lowest BCUT2D eigenvalue weighted by Gasteiger charge is -2.44. The van der Waals surface area contributed by atoms with Crippen LogP contribution in [0.4, 0.5) is 17.1 Å². The number of hydrogen-bond donors (Lipinski definition) is 0. The maximum atomic E-state index is 2.70. The van der Waals surface area contributed by atoms with Gasteiger partial charge in [0, 0.05) is 38.8 Å². The fourth-order valence-electron chi connectivity index (χ4n) is 10.7. The maximum absolute atomic E-state index is 2.70. The van der Waals surface area contributed by atoms with Crippen molar-refractivity contribution in [2.75, 3.05) is 4.90 Å². The van der Waals surface area contributed by atoms with E-state index in [1.165, 1.54) is 75.7 Å². The smallest absolute Gasteiger partial charge is 0.0541 e. The van der Waals surface area contributed by atoms with Gasteiger partial charge in [0.15, 0.2) is 0 Å². The van der Waals surface area contributed by atoms with Crippen LogP contribution in [0.1, 0.15) is 31.2 Å². The van der Waals surface area contributed by atoms with Crippen molar-refractivity contribution in [3.05, 3.63) is 169 Å². The van der Waals surface area contributed by atoms with Crippen LogP contribution in [0.25, 0.3) is 38.6 Å². The topological polar surface area (TPSA) is 8.17 Å². The Morgan fingerprint density at radius 3 is 1.88 bits per heavy atom. The molecule has 1 heterocycles. The number of allylic oxidation sites excluding steroid dienone is 2. The van der Waals surface area contributed by atoms with E-state index in [2.05, 4.69) is 167 Å². The van der Waals surface area contributed by atoms with E-state index in [4.69, 9.17) is 0 Å². The zero-order chi connectivity index (χ0) is 32.1. The monoisotopic (exact) mass is 630 g/mol. The summed E-state index contributed by atoms with van der Waals surface area (Å²) in [5, 5.41) is 2.56. The first-order valence-electron chi connectivity index (χ1n) is 18.1. The Morgan fingerprint density at radius 2 is 1.14 bits per heavy atom. The van der Waals surface area contributed by atoms with Gasteiger partial charge in [0.25, 0.3) is 0 Å². The van der Waals surface area contributed by atoms with Gasteiger partial charge in [0.1, 0.15) is 0 Å². The quantitative estimate of drug-likeness (QED) is 0.166. The molecule has 2 nitrogen and oxygen atoms in total. The van der Waals surface area contributed by atoms with Crippen molar-refractivity contribution in [3.8, 4) is 16.8 Å². The second-order valence-corrected chi connectivity index (χ2v) is 15.0. The average Bonchev–Trinajstić information content (AvgIpc) is 3.74. The molecule has 11 rings (SSSR count). The van der Waals surface area contributed by atoms with Crippen LogP contribution in [0.5, 0.6) is 0 Å². The highest BCUT2D eigenvalue weighted by Gasteiger charge is 2.63. The molecule has 0 spiro atoms. The molecule has 4 aliphatic rings. The Bertz CT molecular complexity index is 2360. The van der Waals surface area contributed by atoms with E-state index in [1.807, 2.05) is 5.57 Å². The standard InChI is InChI=1S/C47H38N2/c1-2-10-36(11-3-1)48(38-24-20-35(21-25-38)47-29-31-26-33-28-34(30-47)46(33)42(47)27-31)37-22-18-32(19-23-37)39-12-4-7-15-43(39)49-44-16-8-5-13-40(44)41-14-6-9-17-45(41)49/h1-25,27,31,33-34,46H,26,28-30H2/t31-,33?,34+,46?,47?/m1/s1. The molecule has 1 aromatic heterocycles. The van der Waals surface area contributed by atoms with Crippen LogP contribution < -0.4 is 4.90 Å². The summed E-state index contributed by atoms with van der Waals surface area (Å²) < 4.78 is 2.43. The third-order valence-corrected chi connectivity index (χ3v) is 12.6. The molecule has 2 saturated carbocycles. The highest BCUT2D eigenvalue weighted by molar-refractivity contribution is 6.09. The van der Waals surface area contributed by atoms with Crippen LogP contribution in [0.3, 0.4) is 0 Å². The zero-order valence-corrected chi connectivity index (χ0v) is 27.5. The predicted octanol–water partition coefficient (Wildman–Crippen LogP) is 12.2. The Balaban J connectivity index is 0.978. The number of benzene rings is 6. The van der Waals surface area contributed by atoms with Crippen LogP contribution in [0.2, 0.25) is 0 Å². The number of para-hydroxylation sites is 4. The summed E-state index contributed by atoms with van der Waals surface area (Å²) in [7, 11) is 0. The molecule has 4 aliphatic carbocycles. The van der Waals surface area contributed by atoms with Crippen LogP contribution in [0.15, 0.2) is 163 Å². The molecule has 3 unspecified atom stereocenters. The molecule has 7 aromatic rings. The van der Waals surface area contributed by atoms with Crippen LogP contribution in [-0.2, 0) is 5.41 Å². The lowest BCUT2D eigenvalue weighted by molar-refractivity contribution is 0.0863. The Labute approximate surface area is 288 Å². The van der Waals surface area contributed by atoms with Crippen LogP contribution in [0, 0.1) is 23.7 Å². The number of nitrogens with zero attached hydrogens (tertiary/aromatic N) is 2. The van der Waals surface area contributed by atoms with Gasteiger partial charge in [-0.25, -0.2) is 0 Å². The Hall–Kier alpha value is -5.34.